The van der Waals surface area contributed by atoms with Crippen LogP contribution in [0.2, 0.25) is 0 Å². The van der Waals surface area contributed by atoms with Crippen molar-refractivity contribution >= 4 is 11.9 Å². The van der Waals surface area contributed by atoms with Crippen molar-refractivity contribution in [3.05, 3.63) is 47.0 Å². The van der Waals surface area contributed by atoms with Crippen LogP contribution in [-0.4, -0.2) is 44.7 Å². The van der Waals surface area contributed by atoms with Gasteiger partial charge in [0.15, 0.2) is 11.5 Å². The van der Waals surface area contributed by atoms with Gasteiger partial charge in [0, 0.05) is 26.0 Å². The molecular formula is C22H25NO6. The van der Waals surface area contributed by atoms with Gasteiger partial charge in [-0.15, -0.1) is 0 Å². The Morgan fingerprint density at radius 1 is 0.897 bits per heavy atom. The molecule has 29 heavy (non-hydrogen) atoms. The van der Waals surface area contributed by atoms with Crippen LogP contribution < -0.4 is 18.9 Å². The average Bonchev–Trinajstić information content (AvgIpc) is 2.71. The van der Waals surface area contributed by atoms with E-state index in [-0.39, 0.29) is 5.91 Å². The Morgan fingerprint density at radius 2 is 1.59 bits per heavy atom. The lowest BCUT2D eigenvalue weighted by molar-refractivity contribution is -0.131. The summed E-state index contributed by atoms with van der Waals surface area (Å²) in [5, 5.41) is 0. The number of carbonyl (C=O) groups is 2. The Kier molecular flexibility index (Phi) is 5.96. The first-order valence-electron chi connectivity index (χ1n) is 9.28. The van der Waals surface area contributed by atoms with Gasteiger partial charge in [0.25, 0.3) is 0 Å². The summed E-state index contributed by atoms with van der Waals surface area (Å²) in [5.74, 6) is 1.68. The van der Waals surface area contributed by atoms with Gasteiger partial charge in [0.05, 0.1) is 27.4 Å². The molecule has 0 saturated carbocycles. The molecule has 154 valence electrons. The number of hydrogen-bond acceptors (Lipinski definition) is 6. The van der Waals surface area contributed by atoms with Gasteiger partial charge in [0.2, 0.25) is 5.91 Å². The Hall–Kier alpha value is -3.22. The number of hydrogen-bond donors (Lipinski definition) is 0. The summed E-state index contributed by atoms with van der Waals surface area (Å²) < 4.78 is 21.8. The van der Waals surface area contributed by atoms with Gasteiger partial charge in [-0.25, -0.2) is 0 Å². The second kappa shape index (κ2) is 8.43. The number of amides is 1. The molecule has 0 N–H and O–H groups in total. The zero-order valence-corrected chi connectivity index (χ0v) is 17.3. The SMILES string of the molecule is COc1ccc(OC(C)=O)c([C@H]2c3cc(OC)c(OC)cc3CCN2C(C)=O)c1. The predicted octanol–water partition coefficient (Wildman–Crippen LogP) is 3.13. The molecule has 0 aliphatic carbocycles. The number of ether oxygens (including phenoxy) is 4. The van der Waals surface area contributed by atoms with Crippen LogP contribution in [0.5, 0.6) is 23.0 Å². The largest absolute Gasteiger partial charge is 0.497 e. The fraction of sp³-hybridized carbons (Fsp3) is 0.364. The van der Waals surface area contributed by atoms with Crippen molar-refractivity contribution in [2.24, 2.45) is 0 Å². The maximum Gasteiger partial charge on any atom is 0.308 e. The number of nitrogens with zero attached hydrogens (tertiary/aromatic N) is 1. The van der Waals surface area contributed by atoms with E-state index in [1.807, 2.05) is 12.1 Å². The van der Waals surface area contributed by atoms with E-state index in [2.05, 4.69) is 0 Å². The van der Waals surface area contributed by atoms with Crippen molar-refractivity contribution in [3.8, 4) is 23.0 Å². The van der Waals surface area contributed by atoms with Crippen molar-refractivity contribution in [1.29, 1.82) is 0 Å². The number of rotatable bonds is 5. The van der Waals surface area contributed by atoms with Crippen LogP contribution >= 0.6 is 0 Å². The summed E-state index contributed by atoms with van der Waals surface area (Å²) in [6.07, 6.45) is 0.679. The second-order valence-corrected chi connectivity index (χ2v) is 6.77. The van der Waals surface area contributed by atoms with Gasteiger partial charge in [-0.05, 0) is 47.9 Å². The fourth-order valence-electron chi connectivity index (χ4n) is 3.74. The van der Waals surface area contributed by atoms with Crippen LogP contribution in [0.3, 0.4) is 0 Å². The molecule has 0 saturated heterocycles. The summed E-state index contributed by atoms with van der Waals surface area (Å²) in [4.78, 5) is 25.9. The Morgan fingerprint density at radius 3 is 2.17 bits per heavy atom. The minimum absolute atomic E-state index is 0.0768. The molecule has 7 heteroatoms. The van der Waals surface area contributed by atoms with E-state index in [0.29, 0.717) is 41.5 Å². The zero-order chi connectivity index (χ0) is 21.1. The lowest BCUT2D eigenvalue weighted by atomic mass is 9.87. The van der Waals surface area contributed by atoms with Crippen molar-refractivity contribution in [1.82, 2.24) is 4.90 Å². The Bertz CT molecular complexity index is 939. The van der Waals surface area contributed by atoms with Crippen molar-refractivity contribution < 1.29 is 28.5 Å². The topological polar surface area (TPSA) is 74.3 Å². The second-order valence-electron chi connectivity index (χ2n) is 6.77. The van der Waals surface area contributed by atoms with Crippen molar-refractivity contribution in [3.63, 3.8) is 0 Å². The molecule has 0 spiro atoms. The average molecular weight is 399 g/mol. The fourth-order valence-corrected chi connectivity index (χ4v) is 3.74. The lowest BCUT2D eigenvalue weighted by Gasteiger charge is -2.38. The minimum atomic E-state index is -0.458. The first kappa shape index (κ1) is 20.5. The maximum absolute atomic E-state index is 12.5. The molecule has 0 aromatic heterocycles. The standard InChI is InChI=1S/C22H25NO6/c1-13(24)23-9-8-15-10-20(27-4)21(28-5)12-17(15)22(23)18-11-16(26-3)6-7-19(18)29-14(2)25/h6-7,10-12,22H,8-9H2,1-5H3/t22-/m1/s1. The van der Waals surface area contributed by atoms with Crippen LogP contribution in [0.15, 0.2) is 30.3 Å². The monoisotopic (exact) mass is 399 g/mol. The molecule has 2 aromatic rings. The molecule has 1 aliphatic rings. The summed E-state index contributed by atoms with van der Waals surface area (Å²) in [5.41, 5.74) is 2.61. The molecule has 1 heterocycles. The molecule has 1 atom stereocenters. The van der Waals surface area contributed by atoms with E-state index in [0.717, 1.165) is 11.1 Å². The number of benzene rings is 2. The molecule has 1 amide bonds. The Balaban J connectivity index is 2.26. The van der Waals surface area contributed by atoms with E-state index in [4.69, 9.17) is 18.9 Å². The molecule has 3 rings (SSSR count). The number of carbonyl (C=O) groups excluding carboxylic acids is 2. The summed E-state index contributed by atoms with van der Waals surface area (Å²) >= 11 is 0. The van der Waals surface area contributed by atoms with Crippen LogP contribution in [-0.2, 0) is 16.0 Å². The highest BCUT2D eigenvalue weighted by atomic mass is 16.5. The quantitative estimate of drug-likeness (QED) is 0.568. The van der Waals surface area contributed by atoms with E-state index >= 15 is 0 Å². The molecular weight excluding hydrogens is 374 g/mol. The van der Waals surface area contributed by atoms with Crippen molar-refractivity contribution in [2.75, 3.05) is 27.9 Å². The smallest absolute Gasteiger partial charge is 0.308 e. The van der Waals surface area contributed by atoms with Gasteiger partial charge in [-0.1, -0.05) is 0 Å². The third-order valence-corrected chi connectivity index (χ3v) is 5.04. The van der Waals surface area contributed by atoms with E-state index in [1.54, 1.807) is 44.4 Å². The van der Waals surface area contributed by atoms with E-state index < -0.39 is 12.0 Å². The first-order valence-corrected chi connectivity index (χ1v) is 9.28. The molecule has 0 fully saturated rings. The molecule has 0 bridgehead atoms. The third kappa shape index (κ3) is 3.99. The van der Waals surface area contributed by atoms with Gasteiger partial charge in [0.1, 0.15) is 11.5 Å². The maximum atomic E-state index is 12.5. The van der Waals surface area contributed by atoms with E-state index in [1.165, 1.54) is 13.8 Å². The normalized spacial score (nSPS) is 15.3. The number of esters is 1. The third-order valence-electron chi connectivity index (χ3n) is 5.04. The van der Waals surface area contributed by atoms with Crippen LogP contribution in [0.25, 0.3) is 0 Å². The van der Waals surface area contributed by atoms with Gasteiger partial charge in [-0.3, -0.25) is 9.59 Å². The minimum Gasteiger partial charge on any atom is -0.497 e. The molecule has 7 nitrogen and oxygen atoms in total. The van der Waals surface area contributed by atoms with Crippen LogP contribution in [0.4, 0.5) is 0 Å². The lowest BCUT2D eigenvalue weighted by Crippen LogP contribution is -2.39. The highest BCUT2D eigenvalue weighted by Gasteiger charge is 2.34. The molecule has 2 aromatic carbocycles. The highest BCUT2D eigenvalue weighted by Crippen LogP contribution is 2.44. The summed E-state index contributed by atoms with van der Waals surface area (Å²) in [6, 6.07) is 8.56. The van der Waals surface area contributed by atoms with Crippen LogP contribution in [0.1, 0.15) is 36.6 Å². The number of methoxy groups -OCH3 is 3. The highest BCUT2D eigenvalue weighted by molar-refractivity contribution is 5.76. The van der Waals surface area contributed by atoms with Gasteiger partial charge >= 0.3 is 5.97 Å². The van der Waals surface area contributed by atoms with E-state index in [9.17, 15) is 9.59 Å². The number of fused-ring (bicyclic) bond motifs is 1. The molecule has 0 radical (unpaired) electrons. The first-order chi connectivity index (χ1) is 13.9. The summed E-state index contributed by atoms with van der Waals surface area (Å²) in [6.45, 7) is 3.41. The Labute approximate surface area is 170 Å². The molecule has 1 aliphatic heterocycles. The van der Waals surface area contributed by atoms with Crippen LogP contribution in [0, 0.1) is 0 Å². The summed E-state index contributed by atoms with van der Waals surface area (Å²) in [7, 11) is 4.73. The van der Waals surface area contributed by atoms with Crippen molar-refractivity contribution in [2.45, 2.75) is 26.3 Å². The predicted molar refractivity (Wildman–Crippen MR) is 107 cm³/mol. The zero-order valence-electron chi connectivity index (χ0n) is 17.3. The molecule has 0 unspecified atom stereocenters. The van der Waals surface area contributed by atoms with Gasteiger partial charge in [-0.2, -0.15) is 0 Å². The van der Waals surface area contributed by atoms with Gasteiger partial charge < -0.3 is 23.8 Å².